The molecular weight excluding hydrogens is 226 g/mol. The highest BCUT2D eigenvalue weighted by atomic mass is 16.2. The van der Waals surface area contributed by atoms with E-state index >= 15 is 0 Å². The Morgan fingerprint density at radius 1 is 1.22 bits per heavy atom. The number of nitrogens with zero attached hydrogens (tertiary/aromatic N) is 1. The van der Waals surface area contributed by atoms with Gasteiger partial charge in [0.15, 0.2) is 0 Å². The van der Waals surface area contributed by atoms with Gasteiger partial charge in [-0.3, -0.25) is 0 Å². The molecule has 0 aliphatic carbocycles. The fourth-order valence-electron chi connectivity index (χ4n) is 1.56. The molecule has 0 saturated carbocycles. The van der Waals surface area contributed by atoms with Crippen molar-refractivity contribution in [2.45, 2.75) is 32.6 Å². The van der Waals surface area contributed by atoms with Crippen molar-refractivity contribution in [3.63, 3.8) is 0 Å². The highest BCUT2D eigenvalue weighted by molar-refractivity contribution is 5.89. The fraction of sp³-hybridized carbons (Fsp3) is 0.429. The van der Waals surface area contributed by atoms with Crippen LogP contribution in [-0.2, 0) is 0 Å². The number of nitriles is 1. The quantitative estimate of drug-likeness (QED) is 0.755. The van der Waals surface area contributed by atoms with Crippen LogP contribution in [0.5, 0.6) is 0 Å². The summed E-state index contributed by atoms with van der Waals surface area (Å²) in [6, 6.07) is 8.62. The molecule has 0 unspecified atom stereocenters. The second kappa shape index (κ2) is 8.13. The number of carbonyl (C=O) groups excluding carboxylic acids is 1. The lowest BCUT2D eigenvalue weighted by atomic mass is 10.2. The Kier molecular flexibility index (Phi) is 6.34. The highest BCUT2D eigenvalue weighted by Crippen LogP contribution is 2.08. The molecule has 18 heavy (non-hydrogen) atoms. The molecule has 4 heteroatoms. The Morgan fingerprint density at radius 2 is 1.94 bits per heavy atom. The molecule has 2 amide bonds. The van der Waals surface area contributed by atoms with Crippen LogP contribution in [0.15, 0.2) is 24.3 Å². The summed E-state index contributed by atoms with van der Waals surface area (Å²) < 4.78 is 0. The smallest absolute Gasteiger partial charge is 0.319 e. The molecule has 0 saturated heterocycles. The van der Waals surface area contributed by atoms with E-state index in [4.69, 9.17) is 5.26 Å². The predicted molar refractivity (Wildman–Crippen MR) is 72.3 cm³/mol. The molecule has 1 rings (SSSR count). The van der Waals surface area contributed by atoms with E-state index in [9.17, 15) is 4.79 Å². The van der Waals surface area contributed by atoms with Gasteiger partial charge >= 0.3 is 6.03 Å². The van der Waals surface area contributed by atoms with Crippen LogP contribution in [0.25, 0.3) is 0 Å². The van der Waals surface area contributed by atoms with Crippen molar-refractivity contribution in [3.8, 4) is 6.07 Å². The average molecular weight is 245 g/mol. The van der Waals surface area contributed by atoms with Gasteiger partial charge in [-0.2, -0.15) is 5.26 Å². The van der Waals surface area contributed by atoms with Crippen LogP contribution < -0.4 is 10.6 Å². The zero-order chi connectivity index (χ0) is 13.2. The molecule has 0 aliphatic rings. The van der Waals surface area contributed by atoms with E-state index < -0.39 is 0 Å². The number of amides is 2. The second-order valence-electron chi connectivity index (χ2n) is 4.13. The first-order valence-corrected chi connectivity index (χ1v) is 6.31. The molecule has 0 spiro atoms. The molecule has 0 radical (unpaired) electrons. The van der Waals surface area contributed by atoms with Gasteiger partial charge in [0, 0.05) is 12.2 Å². The first-order chi connectivity index (χ1) is 8.76. The molecule has 96 valence electrons. The molecule has 0 bridgehead atoms. The highest BCUT2D eigenvalue weighted by Gasteiger charge is 2.00. The third-order valence-electron chi connectivity index (χ3n) is 2.59. The minimum absolute atomic E-state index is 0.198. The van der Waals surface area contributed by atoms with Gasteiger partial charge in [-0.05, 0) is 30.7 Å². The van der Waals surface area contributed by atoms with Crippen molar-refractivity contribution in [3.05, 3.63) is 29.8 Å². The van der Waals surface area contributed by atoms with Gasteiger partial charge in [-0.15, -0.1) is 0 Å². The number of urea groups is 1. The first-order valence-electron chi connectivity index (χ1n) is 6.31. The van der Waals surface area contributed by atoms with Crippen LogP contribution in [-0.4, -0.2) is 12.6 Å². The Hall–Kier alpha value is -2.02. The Balaban J connectivity index is 2.25. The van der Waals surface area contributed by atoms with Crippen molar-refractivity contribution in [1.29, 1.82) is 5.26 Å². The van der Waals surface area contributed by atoms with E-state index in [-0.39, 0.29) is 6.03 Å². The summed E-state index contributed by atoms with van der Waals surface area (Å²) in [7, 11) is 0. The number of hydrogen-bond donors (Lipinski definition) is 2. The Morgan fingerprint density at radius 3 is 2.56 bits per heavy atom. The predicted octanol–water partition coefficient (Wildman–Crippen LogP) is 3.26. The molecule has 0 atom stereocenters. The topological polar surface area (TPSA) is 64.9 Å². The SMILES string of the molecule is CCCCCCNC(=O)Nc1ccc(C#N)cc1. The molecule has 2 N–H and O–H groups in total. The normalized spacial score (nSPS) is 9.56. The summed E-state index contributed by atoms with van der Waals surface area (Å²) in [5.41, 5.74) is 1.28. The lowest BCUT2D eigenvalue weighted by Crippen LogP contribution is -2.29. The van der Waals surface area contributed by atoms with Crippen LogP contribution in [0.4, 0.5) is 10.5 Å². The number of carbonyl (C=O) groups is 1. The van der Waals surface area contributed by atoms with Crippen molar-refractivity contribution >= 4 is 11.7 Å². The van der Waals surface area contributed by atoms with Gasteiger partial charge in [-0.25, -0.2) is 4.79 Å². The lowest BCUT2D eigenvalue weighted by molar-refractivity contribution is 0.252. The summed E-state index contributed by atoms with van der Waals surface area (Å²) in [6.45, 7) is 2.85. The number of unbranched alkanes of at least 4 members (excludes halogenated alkanes) is 3. The maximum absolute atomic E-state index is 11.5. The van der Waals surface area contributed by atoms with E-state index in [0.717, 1.165) is 12.8 Å². The van der Waals surface area contributed by atoms with E-state index in [1.54, 1.807) is 24.3 Å². The maximum Gasteiger partial charge on any atom is 0.319 e. The van der Waals surface area contributed by atoms with Gasteiger partial charge in [0.2, 0.25) is 0 Å². The monoisotopic (exact) mass is 245 g/mol. The van der Waals surface area contributed by atoms with Crippen molar-refractivity contribution in [2.24, 2.45) is 0 Å². The Bertz CT molecular complexity index is 406. The minimum Gasteiger partial charge on any atom is -0.338 e. The fourth-order valence-corrected chi connectivity index (χ4v) is 1.56. The molecule has 0 heterocycles. The minimum atomic E-state index is -0.198. The van der Waals surface area contributed by atoms with Crippen LogP contribution in [0.2, 0.25) is 0 Å². The molecule has 1 aromatic rings. The first kappa shape index (κ1) is 14.0. The van der Waals surface area contributed by atoms with E-state index in [0.29, 0.717) is 17.8 Å². The average Bonchev–Trinajstić information content (AvgIpc) is 2.39. The molecule has 0 fully saturated rings. The van der Waals surface area contributed by atoms with E-state index in [1.165, 1.54) is 12.8 Å². The van der Waals surface area contributed by atoms with Crippen LogP contribution in [0.1, 0.15) is 38.2 Å². The number of hydrogen-bond acceptors (Lipinski definition) is 2. The standard InChI is InChI=1S/C14H19N3O/c1-2-3-4-5-10-16-14(18)17-13-8-6-12(11-15)7-9-13/h6-9H,2-5,10H2,1H3,(H2,16,17,18). The van der Waals surface area contributed by atoms with Gasteiger partial charge in [0.1, 0.15) is 0 Å². The van der Waals surface area contributed by atoms with E-state index in [1.807, 2.05) is 6.07 Å². The molecule has 1 aromatic carbocycles. The lowest BCUT2D eigenvalue weighted by Gasteiger charge is -2.07. The number of anilines is 1. The summed E-state index contributed by atoms with van der Waals surface area (Å²) in [6.07, 6.45) is 4.55. The van der Waals surface area contributed by atoms with Gasteiger partial charge in [0.25, 0.3) is 0 Å². The van der Waals surface area contributed by atoms with Gasteiger partial charge in [-0.1, -0.05) is 26.2 Å². The van der Waals surface area contributed by atoms with Crippen LogP contribution in [0.3, 0.4) is 0 Å². The Labute approximate surface area is 108 Å². The number of rotatable bonds is 6. The molecule has 0 aliphatic heterocycles. The summed E-state index contributed by atoms with van der Waals surface area (Å²) in [5, 5.41) is 14.2. The van der Waals surface area contributed by atoms with Crippen molar-refractivity contribution in [2.75, 3.05) is 11.9 Å². The number of benzene rings is 1. The summed E-state index contributed by atoms with van der Waals surface area (Å²) >= 11 is 0. The van der Waals surface area contributed by atoms with Gasteiger partial charge < -0.3 is 10.6 Å². The van der Waals surface area contributed by atoms with Crippen molar-refractivity contribution in [1.82, 2.24) is 5.32 Å². The molecule has 4 nitrogen and oxygen atoms in total. The van der Waals surface area contributed by atoms with Crippen molar-refractivity contribution < 1.29 is 4.79 Å². The molecule has 0 aromatic heterocycles. The second-order valence-corrected chi connectivity index (χ2v) is 4.13. The largest absolute Gasteiger partial charge is 0.338 e. The van der Waals surface area contributed by atoms with Crippen LogP contribution in [0, 0.1) is 11.3 Å². The zero-order valence-electron chi connectivity index (χ0n) is 10.7. The zero-order valence-corrected chi connectivity index (χ0v) is 10.7. The molecular formula is C14H19N3O. The maximum atomic E-state index is 11.5. The van der Waals surface area contributed by atoms with Crippen LogP contribution >= 0.6 is 0 Å². The third-order valence-corrected chi connectivity index (χ3v) is 2.59. The summed E-state index contributed by atoms with van der Waals surface area (Å²) in [4.78, 5) is 11.5. The summed E-state index contributed by atoms with van der Waals surface area (Å²) in [5.74, 6) is 0. The van der Waals surface area contributed by atoms with Gasteiger partial charge in [0.05, 0.1) is 11.6 Å². The number of nitrogens with one attached hydrogen (secondary N) is 2. The van der Waals surface area contributed by atoms with E-state index in [2.05, 4.69) is 17.6 Å². The third kappa shape index (κ3) is 5.35.